The van der Waals surface area contributed by atoms with E-state index in [0.29, 0.717) is 6.61 Å². The lowest BCUT2D eigenvalue weighted by Crippen LogP contribution is -2.55. The van der Waals surface area contributed by atoms with Crippen molar-refractivity contribution in [2.45, 2.75) is 108 Å². The zero-order valence-electron chi connectivity index (χ0n) is 17.2. The van der Waals surface area contributed by atoms with E-state index in [1.807, 2.05) is 0 Å². The first-order chi connectivity index (χ1) is 13.2. The Balaban J connectivity index is 1.91. The Morgan fingerprint density at radius 2 is 1.48 bits per heavy atom. The Bertz CT molecular complexity index is 359. The molecule has 0 spiro atoms. The smallest absolute Gasteiger partial charge is 0.114 e. The Morgan fingerprint density at radius 3 is 2.11 bits per heavy atom. The number of rotatable bonds is 16. The summed E-state index contributed by atoms with van der Waals surface area (Å²) >= 11 is 0. The molecule has 3 N–H and O–H groups in total. The third-order valence-electron chi connectivity index (χ3n) is 5.22. The van der Waals surface area contributed by atoms with Crippen molar-refractivity contribution in [3.63, 3.8) is 0 Å². The van der Waals surface area contributed by atoms with Crippen LogP contribution in [0.2, 0.25) is 0 Å². The Kier molecular flexibility index (Phi) is 15.0. The van der Waals surface area contributed by atoms with Crippen molar-refractivity contribution in [1.82, 2.24) is 0 Å². The largest absolute Gasteiger partial charge is 0.394 e. The van der Waals surface area contributed by atoms with Gasteiger partial charge in [-0.1, -0.05) is 64.0 Å². The predicted octanol–water partition coefficient (Wildman–Crippen LogP) is 3.74. The first-order valence-corrected chi connectivity index (χ1v) is 11.1. The summed E-state index contributed by atoms with van der Waals surface area (Å²) in [5, 5.41) is 28.9. The molecule has 0 unspecified atom stereocenters. The zero-order chi connectivity index (χ0) is 19.7. The molecule has 0 radical (unpaired) electrons. The maximum Gasteiger partial charge on any atom is 0.114 e. The van der Waals surface area contributed by atoms with Crippen molar-refractivity contribution in [3.8, 4) is 0 Å². The molecule has 27 heavy (non-hydrogen) atoms. The van der Waals surface area contributed by atoms with Gasteiger partial charge in [0.15, 0.2) is 0 Å². The van der Waals surface area contributed by atoms with Crippen molar-refractivity contribution in [3.05, 3.63) is 12.2 Å². The quantitative estimate of drug-likeness (QED) is 0.278. The molecule has 5 heteroatoms. The Labute approximate surface area is 165 Å². The van der Waals surface area contributed by atoms with E-state index in [2.05, 4.69) is 19.1 Å². The lowest BCUT2D eigenvalue weighted by Gasteiger charge is -2.37. The molecule has 1 aliphatic heterocycles. The van der Waals surface area contributed by atoms with E-state index in [9.17, 15) is 15.3 Å². The van der Waals surface area contributed by atoms with Crippen LogP contribution in [0.1, 0.15) is 84.0 Å². The molecule has 1 saturated heterocycles. The molecular formula is C22H42O5. The molecule has 5 nitrogen and oxygen atoms in total. The average Bonchev–Trinajstić information content (AvgIpc) is 2.68. The average molecular weight is 387 g/mol. The second kappa shape index (κ2) is 16.5. The highest BCUT2D eigenvalue weighted by Gasteiger charge is 2.39. The summed E-state index contributed by atoms with van der Waals surface area (Å²) in [5.41, 5.74) is 0. The number of aliphatic hydroxyl groups is 3. The molecular weight excluding hydrogens is 344 g/mol. The van der Waals surface area contributed by atoms with Gasteiger partial charge in [-0.05, 0) is 32.1 Å². The van der Waals surface area contributed by atoms with Crippen LogP contribution in [-0.4, -0.2) is 59.6 Å². The summed E-state index contributed by atoms with van der Waals surface area (Å²) in [6, 6.07) is 0. The van der Waals surface area contributed by atoms with Crippen molar-refractivity contribution >= 4 is 0 Å². The van der Waals surface area contributed by atoms with E-state index in [-0.39, 0.29) is 13.2 Å². The molecule has 0 aromatic carbocycles. The molecule has 1 rings (SSSR count). The minimum atomic E-state index is -0.989. The number of unbranched alkanes of at least 4 members (excludes halogenated alkanes) is 10. The maximum absolute atomic E-state index is 9.98. The number of aliphatic hydroxyl groups excluding tert-OH is 3. The third kappa shape index (κ3) is 11.2. The van der Waals surface area contributed by atoms with Gasteiger partial charge in [0, 0.05) is 6.61 Å². The minimum absolute atomic E-state index is 0.0426. The van der Waals surface area contributed by atoms with E-state index < -0.39 is 24.4 Å². The fourth-order valence-electron chi connectivity index (χ4n) is 3.43. The number of hydrogen-bond donors (Lipinski definition) is 3. The molecule has 0 bridgehead atoms. The molecule has 0 aromatic heterocycles. The van der Waals surface area contributed by atoms with Crippen LogP contribution in [0.5, 0.6) is 0 Å². The second-order valence-corrected chi connectivity index (χ2v) is 7.68. The van der Waals surface area contributed by atoms with Gasteiger partial charge >= 0.3 is 0 Å². The molecule has 1 heterocycles. The van der Waals surface area contributed by atoms with Gasteiger partial charge in [0.25, 0.3) is 0 Å². The summed E-state index contributed by atoms with van der Waals surface area (Å²) in [4.78, 5) is 0. The summed E-state index contributed by atoms with van der Waals surface area (Å²) in [6.45, 7) is 2.60. The van der Waals surface area contributed by atoms with E-state index >= 15 is 0 Å². The van der Waals surface area contributed by atoms with Gasteiger partial charge in [0.05, 0.1) is 13.2 Å². The molecule has 1 aliphatic rings. The summed E-state index contributed by atoms with van der Waals surface area (Å²) in [6.07, 6.45) is 16.3. The van der Waals surface area contributed by atoms with E-state index in [1.54, 1.807) is 0 Å². The number of ether oxygens (including phenoxy) is 2. The van der Waals surface area contributed by atoms with Crippen LogP contribution in [0.3, 0.4) is 0 Å². The van der Waals surface area contributed by atoms with E-state index in [0.717, 1.165) is 12.8 Å². The van der Waals surface area contributed by atoms with Crippen LogP contribution in [-0.2, 0) is 9.47 Å². The lowest BCUT2D eigenvalue weighted by molar-refractivity contribution is -0.211. The van der Waals surface area contributed by atoms with Gasteiger partial charge in [-0.3, -0.25) is 0 Å². The minimum Gasteiger partial charge on any atom is -0.394 e. The van der Waals surface area contributed by atoms with Crippen molar-refractivity contribution in [2.24, 2.45) is 0 Å². The standard InChI is InChI=1S/C22H42O5/c1-2-3-4-5-6-7-8-9-10-11-12-13-14-15-16-26-22-20(17-23)27-18-19(24)21(22)25/h6-7,19-25H,2-5,8-18H2,1H3/b7-6+/t19-,20+,21+,22+/m0/s1. The Morgan fingerprint density at radius 1 is 0.889 bits per heavy atom. The highest BCUT2D eigenvalue weighted by molar-refractivity contribution is 4.87. The topological polar surface area (TPSA) is 79.2 Å². The first kappa shape index (κ1) is 24.6. The van der Waals surface area contributed by atoms with Crippen molar-refractivity contribution < 1.29 is 24.8 Å². The van der Waals surface area contributed by atoms with Crippen LogP contribution in [0.15, 0.2) is 12.2 Å². The van der Waals surface area contributed by atoms with Gasteiger partial charge in [-0.15, -0.1) is 0 Å². The van der Waals surface area contributed by atoms with Crippen LogP contribution in [0.4, 0.5) is 0 Å². The van der Waals surface area contributed by atoms with Crippen LogP contribution in [0.25, 0.3) is 0 Å². The van der Waals surface area contributed by atoms with Gasteiger partial charge in [0.2, 0.25) is 0 Å². The fraction of sp³-hybridized carbons (Fsp3) is 0.909. The monoisotopic (exact) mass is 386 g/mol. The van der Waals surface area contributed by atoms with Crippen molar-refractivity contribution in [2.75, 3.05) is 19.8 Å². The molecule has 4 atom stereocenters. The molecule has 1 fully saturated rings. The summed E-state index contributed by atoms with van der Waals surface area (Å²) in [5.74, 6) is 0. The molecule has 0 aromatic rings. The van der Waals surface area contributed by atoms with Gasteiger partial charge < -0.3 is 24.8 Å². The van der Waals surface area contributed by atoms with Crippen LogP contribution in [0, 0.1) is 0 Å². The van der Waals surface area contributed by atoms with Gasteiger partial charge in [-0.2, -0.15) is 0 Å². The SMILES string of the molecule is CCCCC/C=C/CCCCCCCCCO[C@H]1[C@H](O)[C@@H](O)CO[C@@H]1CO. The molecule has 0 aliphatic carbocycles. The molecule has 160 valence electrons. The molecule has 0 amide bonds. The normalized spacial score (nSPS) is 26.1. The predicted molar refractivity (Wildman–Crippen MR) is 109 cm³/mol. The fourth-order valence-corrected chi connectivity index (χ4v) is 3.43. The summed E-state index contributed by atoms with van der Waals surface area (Å²) in [7, 11) is 0. The third-order valence-corrected chi connectivity index (χ3v) is 5.22. The highest BCUT2D eigenvalue weighted by atomic mass is 16.6. The Hall–Kier alpha value is -0.460. The van der Waals surface area contributed by atoms with E-state index in [4.69, 9.17) is 9.47 Å². The zero-order valence-corrected chi connectivity index (χ0v) is 17.2. The van der Waals surface area contributed by atoms with Gasteiger partial charge in [0.1, 0.15) is 24.4 Å². The van der Waals surface area contributed by atoms with Gasteiger partial charge in [-0.25, -0.2) is 0 Å². The lowest BCUT2D eigenvalue weighted by atomic mass is 10.0. The van der Waals surface area contributed by atoms with Crippen LogP contribution < -0.4 is 0 Å². The van der Waals surface area contributed by atoms with E-state index in [1.165, 1.54) is 64.2 Å². The first-order valence-electron chi connectivity index (χ1n) is 11.1. The molecule has 0 saturated carbocycles. The van der Waals surface area contributed by atoms with Crippen molar-refractivity contribution in [1.29, 1.82) is 0 Å². The maximum atomic E-state index is 9.98. The highest BCUT2D eigenvalue weighted by Crippen LogP contribution is 2.19. The summed E-state index contributed by atoms with van der Waals surface area (Å²) < 4.78 is 11.0. The number of hydrogen-bond acceptors (Lipinski definition) is 5. The van der Waals surface area contributed by atoms with Crippen LogP contribution >= 0.6 is 0 Å². The number of allylic oxidation sites excluding steroid dienone is 2. The second-order valence-electron chi connectivity index (χ2n) is 7.68.